The van der Waals surface area contributed by atoms with E-state index in [-0.39, 0.29) is 11.9 Å². The lowest BCUT2D eigenvalue weighted by Gasteiger charge is -2.32. The number of hydrogen-bond acceptors (Lipinski definition) is 3. The second kappa shape index (κ2) is 6.05. The number of amides is 1. The number of carbonyl (C=O) groups is 1. The summed E-state index contributed by atoms with van der Waals surface area (Å²) in [6.45, 7) is 6.77. The first-order chi connectivity index (χ1) is 13.5. The molecule has 0 aliphatic carbocycles. The van der Waals surface area contributed by atoms with Gasteiger partial charge in [-0.05, 0) is 45.0 Å². The number of aryl methyl sites for hydroxylation is 2. The molecule has 0 N–H and O–H groups in total. The van der Waals surface area contributed by atoms with Crippen LogP contribution in [0.4, 0.5) is 5.69 Å². The highest BCUT2D eigenvalue weighted by Gasteiger charge is 2.33. The van der Waals surface area contributed by atoms with Gasteiger partial charge >= 0.3 is 0 Å². The van der Waals surface area contributed by atoms with E-state index in [1.165, 1.54) is 5.56 Å². The third-order valence-electron chi connectivity index (χ3n) is 5.45. The summed E-state index contributed by atoms with van der Waals surface area (Å²) in [6.07, 6.45) is 5.67. The van der Waals surface area contributed by atoms with E-state index in [9.17, 15) is 4.79 Å². The van der Waals surface area contributed by atoms with Crippen LogP contribution in [-0.2, 0) is 0 Å². The van der Waals surface area contributed by atoms with Crippen molar-refractivity contribution in [3.63, 3.8) is 0 Å². The zero-order valence-electron chi connectivity index (χ0n) is 16.1. The molecule has 3 aromatic heterocycles. The van der Waals surface area contributed by atoms with Crippen LogP contribution in [0.3, 0.4) is 0 Å². The molecule has 1 atom stereocenters. The van der Waals surface area contributed by atoms with E-state index in [1.54, 1.807) is 6.20 Å². The molecule has 0 bridgehead atoms. The number of carbonyl (C=O) groups excluding carboxylic acids is 1. The first-order valence-corrected chi connectivity index (χ1v) is 9.43. The number of fused-ring (bicyclic) bond motifs is 2. The number of rotatable bonds is 2. The summed E-state index contributed by atoms with van der Waals surface area (Å²) >= 11 is 0. The highest BCUT2D eigenvalue weighted by Crippen LogP contribution is 2.33. The van der Waals surface area contributed by atoms with Crippen molar-refractivity contribution < 1.29 is 4.79 Å². The van der Waals surface area contributed by atoms with E-state index in [0.29, 0.717) is 12.2 Å². The summed E-state index contributed by atoms with van der Waals surface area (Å²) in [6, 6.07) is 12.2. The minimum absolute atomic E-state index is 0.0168. The summed E-state index contributed by atoms with van der Waals surface area (Å²) in [4.78, 5) is 19.7. The zero-order valence-corrected chi connectivity index (χ0v) is 16.1. The lowest BCUT2D eigenvalue weighted by atomic mass is 10.0. The van der Waals surface area contributed by atoms with Crippen LogP contribution in [0.25, 0.3) is 16.8 Å². The summed E-state index contributed by atoms with van der Waals surface area (Å²) in [5, 5.41) is 4.54. The fourth-order valence-electron chi connectivity index (χ4n) is 3.88. The van der Waals surface area contributed by atoms with Crippen LogP contribution < -0.4 is 4.90 Å². The average Bonchev–Trinajstić information content (AvgIpc) is 3.30. The normalized spacial score (nSPS) is 16.6. The SMILES string of the molecule is Cc1ccc(N2C[C@H](C)n3ncc(-c4ccc5ncc(C)n5c4)c3C2=O)cc1. The monoisotopic (exact) mass is 371 g/mol. The van der Waals surface area contributed by atoms with Gasteiger partial charge in [0.15, 0.2) is 0 Å². The van der Waals surface area contributed by atoms with E-state index in [4.69, 9.17) is 0 Å². The quantitative estimate of drug-likeness (QED) is 0.534. The van der Waals surface area contributed by atoms with Gasteiger partial charge in [-0.15, -0.1) is 0 Å². The number of anilines is 1. The predicted molar refractivity (Wildman–Crippen MR) is 109 cm³/mol. The molecule has 5 rings (SSSR count). The molecule has 0 saturated heterocycles. The summed E-state index contributed by atoms with van der Waals surface area (Å²) < 4.78 is 3.89. The molecule has 0 radical (unpaired) electrons. The van der Waals surface area contributed by atoms with Crippen LogP contribution in [0.15, 0.2) is 55.0 Å². The molecule has 0 unspecified atom stereocenters. The average molecular weight is 371 g/mol. The Balaban J connectivity index is 1.63. The van der Waals surface area contributed by atoms with E-state index < -0.39 is 0 Å². The molecule has 1 aromatic carbocycles. The number of aromatic nitrogens is 4. The third kappa shape index (κ3) is 2.45. The van der Waals surface area contributed by atoms with Crippen molar-refractivity contribution >= 4 is 17.2 Å². The van der Waals surface area contributed by atoms with Crippen LogP contribution in [-0.4, -0.2) is 31.6 Å². The third-order valence-corrected chi connectivity index (χ3v) is 5.45. The molecule has 28 heavy (non-hydrogen) atoms. The van der Waals surface area contributed by atoms with Crippen molar-refractivity contribution in [1.29, 1.82) is 0 Å². The standard InChI is InChI=1S/C22H21N5O/c1-14-4-7-18(8-5-14)26-12-16(3)27-21(22(26)28)19(11-24-27)17-6-9-20-23-10-15(2)25(20)13-17/h4-11,13,16H,12H2,1-3H3/t16-/m0/s1. The Bertz CT molecular complexity index is 1200. The summed E-state index contributed by atoms with van der Waals surface area (Å²) in [5.41, 5.74) is 6.49. The molecule has 140 valence electrons. The van der Waals surface area contributed by atoms with Gasteiger partial charge < -0.3 is 9.30 Å². The van der Waals surface area contributed by atoms with Gasteiger partial charge in [0.2, 0.25) is 0 Å². The van der Waals surface area contributed by atoms with Gasteiger partial charge in [0.1, 0.15) is 11.3 Å². The maximum atomic E-state index is 13.4. The van der Waals surface area contributed by atoms with Crippen LogP contribution in [0.1, 0.15) is 34.7 Å². The Morgan fingerprint density at radius 2 is 1.82 bits per heavy atom. The van der Waals surface area contributed by atoms with Gasteiger partial charge in [-0.25, -0.2) is 4.98 Å². The molecule has 0 saturated carbocycles. The van der Waals surface area contributed by atoms with Gasteiger partial charge in [-0.1, -0.05) is 17.7 Å². The van der Waals surface area contributed by atoms with E-state index in [2.05, 4.69) is 17.0 Å². The minimum atomic E-state index is -0.0168. The number of benzene rings is 1. The predicted octanol–water partition coefficient (Wildman–Crippen LogP) is 4.04. The first-order valence-electron chi connectivity index (χ1n) is 9.43. The Labute approximate surface area is 163 Å². The highest BCUT2D eigenvalue weighted by atomic mass is 16.2. The summed E-state index contributed by atoms with van der Waals surface area (Å²) in [7, 11) is 0. The van der Waals surface area contributed by atoms with Gasteiger partial charge in [0.05, 0.1) is 12.2 Å². The van der Waals surface area contributed by atoms with Crippen molar-refractivity contribution in [2.24, 2.45) is 0 Å². The number of imidazole rings is 1. The van der Waals surface area contributed by atoms with Crippen LogP contribution in [0.2, 0.25) is 0 Å². The maximum Gasteiger partial charge on any atom is 0.277 e. The Morgan fingerprint density at radius 3 is 2.61 bits per heavy atom. The smallest absolute Gasteiger partial charge is 0.277 e. The lowest BCUT2D eigenvalue weighted by Crippen LogP contribution is -2.42. The van der Waals surface area contributed by atoms with Crippen molar-refractivity contribution in [3.05, 3.63) is 71.9 Å². The number of hydrogen-bond donors (Lipinski definition) is 0. The van der Waals surface area contributed by atoms with Crippen molar-refractivity contribution in [1.82, 2.24) is 19.2 Å². The Kier molecular flexibility index (Phi) is 3.62. The fourth-order valence-corrected chi connectivity index (χ4v) is 3.88. The van der Waals surface area contributed by atoms with Crippen LogP contribution >= 0.6 is 0 Å². The van der Waals surface area contributed by atoms with E-state index >= 15 is 0 Å². The van der Waals surface area contributed by atoms with Crippen LogP contribution in [0, 0.1) is 13.8 Å². The second-order valence-corrected chi connectivity index (χ2v) is 7.50. The van der Waals surface area contributed by atoms with Crippen LogP contribution in [0.5, 0.6) is 0 Å². The van der Waals surface area contributed by atoms with Gasteiger partial charge in [-0.2, -0.15) is 5.10 Å². The summed E-state index contributed by atoms with van der Waals surface area (Å²) in [5.74, 6) is -0.0168. The molecule has 0 fully saturated rings. The molecule has 6 nitrogen and oxygen atoms in total. The molecular weight excluding hydrogens is 350 g/mol. The number of pyridine rings is 1. The fraction of sp³-hybridized carbons (Fsp3) is 0.227. The van der Waals surface area contributed by atoms with Gasteiger partial charge in [0.25, 0.3) is 5.91 Å². The molecule has 0 spiro atoms. The Morgan fingerprint density at radius 1 is 1.04 bits per heavy atom. The molecule has 4 aromatic rings. The molecule has 1 aliphatic heterocycles. The second-order valence-electron chi connectivity index (χ2n) is 7.50. The first kappa shape index (κ1) is 16.7. The molecule has 6 heteroatoms. The molecule has 1 amide bonds. The van der Waals surface area contributed by atoms with Crippen molar-refractivity contribution in [3.8, 4) is 11.1 Å². The molecule has 1 aliphatic rings. The zero-order chi connectivity index (χ0) is 19.4. The van der Waals surface area contributed by atoms with Crippen molar-refractivity contribution in [2.75, 3.05) is 11.4 Å². The van der Waals surface area contributed by atoms with Gasteiger partial charge in [0, 0.05) is 41.4 Å². The highest BCUT2D eigenvalue weighted by molar-refractivity contribution is 6.09. The van der Waals surface area contributed by atoms with Crippen molar-refractivity contribution in [2.45, 2.75) is 26.8 Å². The molecule has 4 heterocycles. The maximum absolute atomic E-state index is 13.4. The largest absolute Gasteiger partial charge is 0.305 e. The minimum Gasteiger partial charge on any atom is -0.305 e. The van der Waals surface area contributed by atoms with E-state index in [1.807, 2.05) is 76.6 Å². The van der Waals surface area contributed by atoms with Gasteiger partial charge in [-0.3, -0.25) is 9.48 Å². The lowest BCUT2D eigenvalue weighted by molar-refractivity contribution is 0.0954. The number of nitrogens with zero attached hydrogens (tertiary/aromatic N) is 5. The topological polar surface area (TPSA) is 55.4 Å². The molecular formula is C22H21N5O. The van der Waals surface area contributed by atoms with E-state index in [0.717, 1.165) is 28.2 Å². The Hall–Kier alpha value is -3.41.